The van der Waals surface area contributed by atoms with Gasteiger partial charge < -0.3 is 0 Å². The van der Waals surface area contributed by atoms with Crippen molar-refractivity contribution in [3.8, 4) is 0 Å². The fourth-order valence-electron chi connectivity index (χ4n) is 1.24. The van der Waals surface area contributed by atoms with E-state index in [0.717, 1.165) is 0 Å². The Labute approximate surface area is 85.2 Å². The highest BCUT2D eigenvalue weighted by Gasteiger charge is 2.32. The van der Waals surface area contributed by atoms with Gasteiger partial charge in [-0.1, -0.05) is 0 Å². The van der Waals surface area contributed by atoms with Crippen LogP contribution in [0.3, 0.4) is 0 Å². The maximum Gasteiger partial charge on any atom is 0.390 e. The largest absolute Gasteiger partial charge is 0.390 e. The number of halogens is 3. The molecule has 1 aromatic heterocycles. The van der Waals surface area contributed by atoms with Crippen LogP contribution in [-0.4, -0.2) is 16.0 Å². The van der Waals surface area contributed by atoms with Crippen molar-refractivity contribution < 1.29 is 13.2 Å². The average molecular weight is 222 g/mol. The molecule has 1 aromatic rings. The Hall–Kier alpha value is -1.08. The molecule has 0 bridgehead atoms. The normalized spacial score (nSPS) is 14.2. The lowest BCUT2D eigenvalue weighted by atomic mass is 10.1. The van der Waals surface area contributed by atoms with Gasteiger partial charge in [0.25, 0.3) is 0 Å². The number of aryl methyl sites for hydroxylation is 1. The standard InChI is InChI=1S/C8H13F3N4/c1-2-15-5-6(4-13-15)7(14-12)3-8(9,10)11/h4-5,7,14H,2-3,12H2,1H3. The molecule has 15 heavy (non-hydrogen) atoms. The summed E-state index contributed by atoms with van der Waals surface area (Å²) in [4.78, 5) is 0. The van der Waals surface area contributed by atoms with E-state index in [-0.39, 0.29) is 0 Å². The van der Waals surface area contributed by atoms with E-state index in [1.54, 1.807) is 10.9 Å². The van der Waals surface area contributed by atoms with Gasteiger partial charge >= 0.3 is 6.18 Å². The van der Waals surface area contributed by atoms with E-state index in [1.807, 2.05) is 6.92 Å². The molecule has 0 fully saturated rings. The molecule has 3 N–H and O–H groups in total. The Morgan fingerprint density at radius 1 is 1.60 bits per heavy atom. The molecule has 7 heteroatoms. The van der Waals surface area contributed by atoms with E-state index < -0.39 is 18.6 Å². The first-order chi connectivity index (χ1) is 6.96. The molecule has 1 heterocycles. The summed E-state index contributed by atoms with van der Waals surface area (Å²) in [7, 11) is 0. The summed E-state index contributed by atoms with van der Waals surface area (Å²) >= 11 is 0. The van der Waals surface area contributed by atoms with Gasteiger partial charge in [0.2, 0.25) is 0 Å². The van der Waals surface area contributed by atoms with Crippen molar-refractivity contribution in [1.29, 1.82) is 0 Å². The van der Waals surface area contributed by atoms with Crippen molar-refractivity contribution in [3.05, 3.63) is 18.0 Å². The molecular weight excluding hydrogens is 209 g/mol. The van der Waals surface area contributed by atoms with Crippen molar-refractivity contribution in [2.45, 2.75) is 32.1 Å². The lowest BCUT2D eigenvalue weighted by molar-refractivity contribution is -0.140. The summed E-state index contributed by atoms with van der Waals surface area (Å²) in [5.74, 6) is 5.08. The summed E-state index contributed by atoms with van der Waals surface area (Å²) in [6.45, 7) is 2.47. The zero-order valence-corrected chi connectivity index (χ0v) is 8.25. The van der Waals surface area contributed by atoms with Crippen LogP contribution in [0.4, 0.5) is 13.2 Å². The number of rotatable bonds is 4. The number of aromatic nitrogens is 2. The summed E-state index contributed by atoms with van der Waals surface area (Å²) in [5, 5.41) is 3.89. The highest BCUT2D eigenvalue weighted by atomic mass is 19.4. The minimum absolute atomic E-state index is 0.441. The lowest BCUT2D eigenvalue weighted by Gasteiger charge is -2.15. The fraction of sp³-hybridized carbons (Fsp3) is 0.625. The molecule has 0 aliphatic rings. The molecule has 4 nitrogen and oxygen atoms in total. The van der Waals surface area contributed by atoms with Gasteiger partial charge in [0.15, 0.2) is 0 Å². The number of nitrogens with one attached hydrogen (secondary N) is 1. The number of hydrogen-bond acceptors (Lipinski definition) is 3. The molecule has 0 amide bonds. The van der Waals surface area contributed by atoms with Gasteiger partial charge in [-0.2, -0.15) is 18.3 Å². The molecule has 0 saturated heterocycles. The third-order valence-electron chi connectivity index (χ3n) is 2.02. The van der Waals surface area contributed by atoms with E-state index in [9.17, 15) is 13.2 Å². The molecule has 86 valence electrons. The quantitative estimate of drug-likeness (QED) is 0.597. The highest BCUT2D eigenvalue weighted by molar-refractivity contribution is 5.10. The molecule has 0 spiro atoms. The topological polar surface area (TPSA) is 55.9 Å². The maximum atomic E-state index is 12.1. The summed E-state index contributed by atoms with van der Waals surface area (Å²) in [6.07, 6.45) is -2.31. The smallest absolute Gasteiger partial charge is 0.273 e. The van der Waals surface area contributed by atoms with Crippen LogP contribution in [0, 0.1) is 0 Å². The van der Waals surface area contributed by atoms with E-state index >= 15 is 0 Å². The van der Waals surface area contributed by atoms with Crippen LogP contribution >= 0.6 is 0 Å². The fourth-order valence-corrected chi connectivity index (χ4v) is 1.24. The number of hydrazine groups is 1. The van der Waals surface area contributed by atoms with Crippen LogP contribution in [-0.2, 0) is 6.54 Å². The van der Waals surface area contributed by atoms with Crippen LogP contribution < -0.4 is 11.3 Å². The van der Waals surface area contributed by atoms with Crippen molar-refractivity contribution in [1.82, 2.24) is 15.2 Å². The molecule has 0 aliphatic carbocycles. The SMILES string of the molecule is CCn1cc(C(CC(F)(F)F)NN)cn1. The van der Waals surface area contributed by atoms with Crippen LogP contribution in [0.2, 0.25) is 0 Å². The molecule has 0 radical (unpaired) electrons. The number of hydrogen-bond donors (Lipinski definition) is 2. The summed E-state index contributed by atoms with van der Waals surface area (Å²) in [5.41, 5.74) is 2.58. The van der Waals surface area contributed by atoms with Gasteiger partial charge in [-0.3, -0.25) is 16.0 Å². The predicted molar refractivity (Wildman–Crippen MR) is 48.6 cm³/mol. The van der Waals surface area contributed by atoms with Crippen molar-refractivity contribution >= 4 is 0 Å². The Morgan fingerprint density at radius 2 is 2.27 bits per heavy atom. The molecule has 0 aliphatic heterocycles. The van der Waals surface area contributed by atoms with E-state index in [4.69, 9.17) is 5.84 Å². The first kappa shape index (κ1) is 12.0. The first-order valence-electron chi connectivity index (χ1n) is 4.51. The number of nitrogens with zero attached hydrogens (tertiary/aromatic N) is 2. The van der Waals surface area contributed by atoms with Gasteiger partial charge in [0.1, 0.15) is 0 Å². The molecule has 1 unspecified atom stereocenters. The second kappa shape index (κ2) is 4.63. The second-order valence-corrected chi connectivity index (χ2v) is 3.17. The zero-order valence-electron chi connectivity index (χ0n) is 8.25. The van der Waals surface area contributed by atoms with Gasteiger partial charge in [0, 0.05) is 18.3 Å². The minimum Gasteiger partial charge on any atom is -0.273 e. The second-order valence-electron chi connectivity index (χ2n) is 3.17. The highest BCUT2D eigenvalue weighted by Crippen LogP contribution is 2.28. The summed E-state index contributed by atoms with van der Waals surface area (Å²) < 4.78 is 38.0. The van der Waals surface area contributed by atoms with Gasteiger partial charge in [0.05, 0.1) is 18.7 Å². The van der Waals surface area contributed by atoms with Gasteiger partial charge in [-0.15, -0.1) is 0 Å². The zero-order chi connectivity index (χ0) is 11.5. The molecule has 1 atom stereocenters. The van der Waals surface area contributed by atoms with Crippen LogP contribution in [0.25, 0.3) is 0 Å². The van der Waals surface area contributed by atoms with Crippen molar-refractivity contribution in [2.24, 2.45) is 5.84 Å². The Bertz CT molecular complexity index is 307. The third-order valence-corrected chi connectivity index (χ3v) is 2.02. The minimum atomic E-state index is -4.24. The molecule has 0 aromatic carbocycles. The third kappa shape index (κ3) is 3.52. The van der Waals surface area contributed by atoms with Crippen molar-refractivity contribution in [3.63, 3.8) is 0 Å². The predicted octanol–water partition coefficient (Wildman–Crippen LogP) is 1.36. The van der Waals surface area contributed by atoms with Crippen LogP contribution in [0.5, 0.6) is 0 Å². The Balaban J connectivity index is 2.74. The van der Waals surface area contributed by atoms with E-state index in [2.05, 4.69) is 10.5 Å². The van der Waals surface area contributed by atoms with E-state index in [0.29, 0.717) is 12.1 Å². The van der Waals surface area contributed by atoms with Crippen LogP contribution in [0.1, 0.15) is 24.9 Å². The van der Waals surface area contributed by atoms with Gasteiger partial charge in [-0.25, -0.2) is 0 Å². The monoisotopic (exact) mass is 222 g/mol. The first-order valence-corrected chi connectivity index (χ1v) is 4.51. The van der Waals surface area contributed by atoms with E-state index in [1.165, 1.54) is 6.20 Å². The number of nitrogens with two attached hydrogens (primary N) is 1. The molecule has 1 rings (SSSR count). The Kier molecular flexibility index (Phi) is 3.70. The summed E-state index contributed by atoms with van der Waals surface area (Å²) in [6, 6.07) is -0.940. The van der Waals surface area contributed by atoms with Crippen molar-refractivity contribution in [2.75, 3.05) is 0 Å². The van der Waals surface area contributed by atoms with Crippen LogP contribution in [0.15, 0.2) is 12.4 Å². The maximum absolute atomic E-state index is 12.1. The Morgan fingerprint density at radius 3 is 2.67 bits per heavy atom. The molecular formula is C8H13F3N4. The average Bonchev–Trinajstić information content (AvgIpc) is 2.60. The lowest BCUT2D eigenvalue weighted by Crippen LogP contribution is -2.31. The van der Waals surface area contributed by atoms with Gasteiger partial charge in [-0.05, 0) is 6.92 Å². The molecule has 0 saturated carbocycles. The number of alkyl halides is 3.